The van der Waals surface area contributed by atoms with Crippen molar-refractivity contribution in [1.82, 2.24) is 10.6 Å². The minimum absolute atomic E-state index is 0.0863. The van der Waals surface area contributed by atoms with Crippen molar-refractivity contribution in [1.29, 1.82) is 0 Å². The van der Waals surface area contributed by atoms with Crippen LogP contribution in [-0.4, -0.2) is 80.0 Å². The summed E-state index contributed by atoms with van der Waals surface area (Å²) in [6.07, 6.45) is 3.70. The molecule has 1 saturated heterocycles. The van der Waals surface area contributed by atoms with E-state index in [2.05, 4.69) is 23.3 Å². The summed E-state index contributed by atoms with van der Waals surface area (Å²) in [5, 5.41) is 6.60. The van der Waals surface area contributed by atoms with Crippen LogP contribution < -0.4 is 15.5 Å². The van der Waals surface area contributed by atoms with Crippen molar-refractivity contribution in [3.05, 3.63) is 65.2 Å². The quantitative estimate of drug-likeness (QED) is 0.209. The van der Waals surface area contributed by atoms with Gasteiger partial charge in [0, 0.05) is 42.7 Å². The molecule has 0 bridgehead atoms. The molecule has 0 saturated carbocycles. The zero-order valence-corrected chi connectivity index (χ0v) is 26.1. The zero-order chi connectivity index (χ0) is 29.8. The molecule has 0 aromatic heterocycles. The van der Waals surface area contributed by atoms with E-state index in [1.807, 2.05) is 48.7 Å². The summed E-state index contributed by atoms with van der Waals surface area (Å²) in [7, 11) is 1.57. The molecule has 0 radical (unpaired) electrons. The molecule has 3 atom stereocenters. The molecule has 1 fully saturated rings. The summed E-state index contributed by atoms with van der Waals surface area (Å²) in [5.41, 5.74) is 2.91. The molecule has 1 aliphatic heterocycles. The topological polar surface area (TPSA) is 97.0 Å². The first-order chi connectivity index (χ1) is 19.7. The molecular weight excluding hydrogens is 558 g/mol. The van der Waals surface area contributed by atoms with Crippen molar-refractivity contribution in [3.8, 4) is 0 Å². The molecule has 2 N–H and O–H groups in total. The summed E-state index contributed by atoms with van der Waals surface area (Å²) in [5.74, 6) is -0.217. The van der Waals surface area contributed by atoms with Crippen molar-refractivity contribution < 1.29 is 23.9 Å². The number of rotatable bonds is 15. The van der Waals surface area contributed by atoms with Gasteiger partial charge >= 0.3 is 5.97 Å². The Morgan fingerprint density at radius 2 is 1.93 bits per heavy atom. The highest BCUT2D eigenvalue weighted by Gasteiger charge is 2.28. The number of thioether (sulfide) groups is 1. The van der Waals surface area contributed by atoms with Crippen LogP contribution in [0.15, 0.2) is 48.5 Å². The van der Waals surface area contributed by atoms with Crippen LogP contribution in [0.2, 0.25) is 0 Å². The third-order valence-corrected chi connectivity index (χ3v) is 7.90. The van der Waals surface area contributed by atoms with Gasteiger partial charge in [-0.15, -0.1) is 0 Å². The second-order valence-electron chi connectivity index (χ2n) is 10.5. The molecular formula is C31H43N3O5S2. The third kappa shape index (κ3) is 10.4. The average Bonchev–Trinajstić information content (AvgIpc) is 3.37. The molecule has 0 unspecified atom stereocenters. The fourth-order valence-electron chi connectivity index (χ4n) is 4.78. The lowest BCUT2D eigenvalue weighted by atomic mass is 9.97. The molecule has 0 spiro atoms. The number of carbonyl (C=O) groups is 3. The van der Waals surface area contributed by atoms with Gasteiger partial charge in [0.15, 0.2) is 0 Å². The van der Waals surface area contributed by atoms with E-state index < -0.39 is 12.0 Å². The average molecular weight is 602 g/mol. The predicted molar refractivity (Wildman–Crippen MR) is 169 cm³/mol. The molecule has 1 aliphatic rings. The van der Waals surface area contributed by atoms with E-state index in [4.69, 9.17) is 9.47 Å². The number of hydrogen-bond acceptors (Lipinski definition) is 8. The van der Waals surface area contributed by atoms with E-state index in [0.717, 1.165) is 24.1 Å². The highest BCUT2D eigenvalue weighted by atomic mass is 32.2. The van der Waals surface area contributed by atoms with Crippen LogP contribution in [0, 0.1) is 0 Å². The summed E-state index contributed by atoms with van der Waals surface area (Å²) >= 11 is 6.19. The lowest BCUT2D eigenvalue weighted by Gasteiger charge is -2.27. The van der Waals surface area contributed by atoms with Crippen molar-refractivity contribution in [2.24, 2.45) is 0 Å². The van der Waals surface area contributed by atoms with E-state index >= 15 is 0 Å². The van der Waals surface area contributed by atoms with Crippen molar-refractivity contribution in [2.45, 2.75) is 63.0 Å². The van der Waals surface area contributed by atoms with Gasteiger partial charge in [0.05, 0.1) is 19.1 Å². The lowest BCUT2D eigenvalue weighted by molar-refractivity contribution is -0.149. The van der Waals surface area contributed by atoms with E-state index in [0.29, 0.717) is 43.0 Å². The van der Waals surface area contributed by atoms with Crippen LogP contribution in [0.25, 0.3) is 0 Å². The fourth-order valence-corrected chi connectivity index (χ4v) is 5.61. The Bertz CT molecular complexity index is 1150. The van der Waals surface area contributed by atoms with Crippen molar-refractivity contribution in [2.75, 3.05) is 43.7 Å². The van der Waals surface area contributed by atoms with Gasteiger partial charge in [0.2, 0.25) is 5.91 Å². The number of hydrogen-bond donors (Lipinski definition) is 3. The Morgan fingerprint density at radius 1 is 1.17 bits per heavy atom. The van der Waals surface area contributed by atoms with E-state index in [-0.39, 0.29) is 35.6 Å². The summed E-state index contributed by atoms with van der Waals surface area (Å²) in [4.78, 5) is 41.8. The Kier molecular flexibility index (Phi) is 13.5. The SMILES string of the molecule is COCCC(=O)N(C[C@@H]1C[C@H](S)CN1)c1ccc(Cc2ccccc2)c(C(=O)N[C@@H](CCSC)C(=O)OC(C)C)c1. The molecule has 10 heteroatoms. The first kappa shape index (κ1) is 33.0. The fraction of sp³-hybridized carbons (Fsp3) is 0.516. The monoisotopic (exact) mass is 601 g/mol. The molecule has 8 nitrogen and oxygen atoms in total. The molecule has 0 aliphatic carbocycles. The van der Waals surface area contributed by atoms with Crippen LogP contribution in [0.5, 0.6) is 0 Å². The Hall–Kier alpha value is -2.53. The lowest BCUT2D eigenvalue weighted by Crippen LogP contribution is -2.43. The highest BCUT2D eigenvalue weighted by molar-refractivity contribution is 7.98. The van der Waals surface area contributed by atoms with Crippen LogP contribution >= 0.6 is 24.4 Å². The Balaban J connectivity index is 1.98. The number of nitrogens with zero attached hydrogens (tertiary/aromatic N) is 1. The normalized spacial score (nSPS) is 17.3. The Morgan fingerprint density at radius 3 is 2.56 bits per heavy atom. The van der Waals surface area contributed by atoms with Gasteiger partial charge in [-0.3, -0.25) is 9.59 Å². The number of methoxy groups -OCH3 is 1. The number of anilines is 1. The number of nitrogens with one attached hydrogen (secondary N) is 2. The Labute approximate surface area is 253 Å². The maximum Gasteiger partial charge on any atom is 0.328 e. The van der Waals surface area contributed by atoms with Crippen LogP contribution in [0.4, 0.5) is 5.69 Å². The molecule has 1 heterocycles. The van der Waals surface area contributed by atoms with E-state index in [1.165, 1.54) is 0 Å². The summed E-state index contributed by atoms with van der Waals surface area (Å²) in [6, 6.07) is 14.8. The van der Waals surface area contributed by atoms with Gasteiger partial charge in [0.1, 0.15) is 6.04 Å². The van der Waals surface area contributed by atoms with Crippen LogP contribution in [0.1, 0.15) is 54.6 Å². The molecule has 224 valence electrons. The van der Waals surface area contributed by atoms with Gasteiger partial charge in [-0.1, -0.05) is 36.4 Å². The smallest absolute Gasteiger partial charge is 0.328 e. The minimum Gasteiger partial charge on any atom is -0.461 e. The molecule has 41 heavy (non-hydrogen) atoms. The summed E-state index contributed by atoms with van der Waals surface area (Å²) < 4.78 is 10.6. The number of benzene rings is 2. The number of amides is 2. The highest BCUT2D eigenvalue weighted by Crippen LogP contribution is 2.25. The second kappa shape index (κ2) is 16.8. The second-order valence-corrected chi connectivity index (χ2v) is 12.3. The number of ether oxygens (including phenoxy) is 2. The zero-order valence-electron chi connectivity index (χ0n) is 24.4. The maximum atomic E-state index is 13.9. The standard InChI is InChI=1S/C31H43N3O5S2/c1-21(2)39-31(37)28(13-15-41-4)33-30(36)27-18-25(11-10-23(27)16-22-8-6-5-7-9-22)34(29(35)12-14-38-3)20-24-17-26(40)19-32-24/h5-11,18,21,24,26,28,32,40H,12-17,19-20H2,1-4H3,(H,33,36)/t24-,26-,28-/m0/s1. The van der Waals surface area contributed by atoms with Gasteiger partial charge in [0.25, 0.3) is 5.91 Å². The first-order valence-electron chi connectivity index (χ1n) is 14.1. The number of thiol groups is 1. The molecule has 2 aromatic rings. The van der Waals surface area contributed by atoms with Gasteiger partial charge < -0.3 is 25.0 Å². The predicted octanol–water partition coefficient (Wildman–Crippen LogP) is 4.11. The summed E-state index contributed by atoms with van der Waals surface area (Å²) in [6.45, 7) is 5.11. The van der Waals surface area contributed by atoms with Gasteiger partial charge in [-0.2, -0.15) is 24.4 Å². The van der Waals surface area contributed by atoms with E-state index in [9.17, 15) is 14.4 Å². The van der Waals surface area contributed by atoms with Gasteiger partial charge in [-0.05, 0) is 68.4 Å². The number of carbonyl (C=O) groups excluding carboxylic acids is 3. The third-order valence-electron chi connectivity index (χ3n) is 6.86. The van der Waals surface area contributed by atoms with E-state index in [1.54, 1.807) is 43.7 Å². The van der Waals surface area contributed by atoms with Crippen molar-refractivity contribution in [3.63, 3.8) is 0 Å². The molecule has 2 amide bonds. The molecule has 3 rings (SSSR count). The minimum atomic E-state index is -0.778. The first-order valence-corrected chi connectivity index (χ1v) is 16.0. The van der Waals surface area contributed by atoms with Crippen LogP contribution in [0.3, 0.4) is 0 Å². The van der Waals surface area contributed by atoms with Gasteiger partial charge in [-0.25, -0.2) is 4.79 Å². The van der Waals surface area contributed by atoms with Crippen LogP contribution in [-0.2, 0) is 25.5 Å². The van der Waals surface area contributed by atoms with Crippen molar-refractivity contribution >= 4 is 47.9 Å². The number of esters is 1. The maximum absolute atomic E-state index is 13.9. The largest absolute Gasteiger partial charge is 0.461 e. The molecule has 2 aromatic carbocycles.